The maximum Gasteiger partial charge on any atom is 0.247 e. The minimum Gasteiger partial charge on any atom is -0.330 e. The summed E-state index contributed by atoms with van der Waals surface area (Å²) >= 11 is 0. The van der Waals surface area contributed by atoms with Crippen molar-refractivity contribution < 1.29 is 23.3 Å². The van der Waals surface area contributed by atoms with Crippen molar-refractivity contribution in [1.82, 2.24) is 4.90 Å². The van der Waals surface area contributed by atoms with E-state index in [1.54, 1.807) is 0 Å². The van der Waals surface area contributed by atoms with Gasteiger partial charge in [-0.15, -0.1) is 0 Å². The quantitative estimate of drug-likeness (QED) is 0.661. The van der Waals surface area contributed by atoms with E-state index in [0.29, 0.717) is 25.5 Å². The molecule has 25 heavy (non-hydrogen) atoms. The highest BCUT2D eigenvalue weighted by Gasteiger charge is 2.55. The first kappa shape index (κ1) is 17.2. The predicted octanol–water partition coefficient (Wildman–Crippen LogP) is 1.95. The molecule has 0 spiro atoms. The average Bonchev–Trinajstić information content (AvgIpc) is 3.34. The molecule has 3 rings (SSSR count). The Morgan fingerprint density at radius 2 is 1.88 bits per heavy atom. The Bertz CT molecular complexity index is 707. The largest absolute Gasteiger partial charge is 0.330 e. The molecule has 0 radical (unpaired) electrons. The van der Waals surface area contributed by atoms with E-state index >= 15 is 0 Å². The molecule has 1 aliphatic heterocycles. The van der Waals surface area contributed by atoms with Crippen molar-refractivity contribution >= 4 is 17.5 Å². The van der Waals surface area contributed by atoms with Crippen molar-refractivity contribution in [3.05, 3.63) is 39.9 Å². The Hall–Kier alpha value is -2.58. The predicted molar refractivity (Wildman–Crippen MR) is 83.2 cm³/mol. The van der Waals surface area contributed by atoms with Crippen molar-refractivity contribution in [3.63, 3.8) is 0 Å². The molecule has 0 bridgehead atoms. The zero-order chi connectivity index (χ0) is 18.1. The van der Waals surface area contributed by atoms with E-state index in [4.69, 9.17) is 0 Å². The number of nitrogens with one attached hydrogen (secondary N) is 1. The molecule has 0 aromatic heterocycles. The normalized spacial score (nSPS) is 25.4. The molecule has 9 heteroatoms. The summed E-state index contributed by atoms with van der Waals surface area (Å²) in [5.41, 5.74) is -0.0323. The second kappa shape index (κ2) is 6.73. The molecule has 1 saturated carbocycles. The molecule has 0 unspecified atom stereocenters. The number of piperidine rings is 1. The molecule has 7 nitrogen and oxygen atoms in total. The van der Waals surface area contributed by atoms with Crippen LogP contribution in [0.2, 0.25) is 0 Å². The van der Waals surface area contributed by atoms with Gasteiger partial charge in [-0.05, 0) is 31.4 Å². The molecule has 1 aromatic rings. The second-order valence-electron chi connectivity index (χ2n) is 6.39. The number of amides is 2. The van der Waals surface area contributed by atoms with Gasteiger partial charge in [0.15, 0.2) is 0 Å². The summed E-state index contributed by atoms with van der Waals surface area (Å²) in [7, 11) is 0. The Labute approximate surface area is 142 Å². The van der Waals surface area contributed by atoms with Crippen LogP contribution in [0.5, 0.6) is 0 Å². The monoisotopic (exact) mass is 353 g/mol. The number of nitrogens with zero attached hydrogens (tertiary/aromatic N) is 2. The summed E-state index contributed by atoms with van der Waals surface area (Å²) in [6.07, 6.45) is 2.03. The zero-order valence-corrected chi connectivity index (χ0v) is 13.3. The first-order chi connectivity index (χ1) is 11.9. The number of hydrogen-bond donors (Lipinski definition) is 1. The fourth-order valence-electron chi connectivity index (χ4n) is 3.21. The number of carbonyl (C=O) groups excluding carboxylic acids is 2. The van der Waals surface area contributed by atoms with Crippen molar-refractivity contribution in [2.45, 2.75) is 37.8 Å². The van der Waals surface area contributed by atoms with Crippen LogP contribution in [0.4, 0.5) is 14.5 Å². The Balaban J connectivity index is 1.71. The first-order valence-electron chi connectivity index (χ1n) is 8.08. The fourth-order valence-corrected chi connectivity index (χ4v) is 3.21. The van der Waals surface area contributed by atoms with E-state index in [1.807, 2.05) is 0 Å². The van der Waals surface area contributed by atoms with Gasteiger partial charge in [0, 0.05) is 29.6 Å². The van der Waals surface area contributed by atoms with Crippen LogP contribution in [-0.2, 0) is 9.59 Å². The van der Waals surface area contributed by atoms with Crippen LogP contribution in [0, 0.1) is 27.7 Å². The van der Waals surface area contributed by atoms with Crippen molar-refractivity contribution in [3.8, 4) is 0 Å². The van der Waals surface area contributed by atoms with Gasteiger partial charge >= 0.3 is 0 Å². The summed E-state index contributed by atoms with van der Waals surface area (Å²) in [4.78, 5) is 36.6. The van der Waals surface area contributed by atoms with Gasteiger partial charge in [-0.1, -0.05) is 0 Å². The van der Waals surface area contributed by atoms with Gasteiger partial charge in [-0.2, -0.15) is 0 Å². The number of nitro groups is 1. The lowest BCUT2D eigenvalue weighted by Crippen LogP contribution is -2.51. The van der Waals surface area contributed by atoms with Crippen LogP contribution in [0.15, 0.2) is 18.2 Å². The molecule has 1 saturated heterocycles. The SMILES string of the molecule is O=C(Nc1cc(F)cc(F)c1)[C@@H]1CCCCN1C(=O)[C@H]1C[C@H]1[N+](=O)[O-]. The summed E-state index contributed by atoms with van der Waals surface area (Å²) in [5.74, 6) is -3.27. The lowest BCUT2D eigenvalue weighted by atomic mass is 10.0. The van der Waals surface area contributed by atoms with Gasteiger partial charge in [-0.3, -0.25) is 19.7 Å². The minimum absolute atomic E-state index is 0.0323. The van der Waals surface area contributed by atoms with Crippen molar-refractivity contribution in [1.29, 1.82) is 0 Å². The van der Waals surface area contributed by atoms with Crippen LogP contribution < -0.4 is 5.32 Å². The number of halogens is 2. The number of hydrogen-bond acceptors (Lipinski definition) is 4. The Kier molecular flexibility index (Phi) is 4.65. The smallest absolute Gasteiger partial charge is 0.247 e. The third-order valence-corrected chi connectivity index (χ3v) is 4.56. The maximum atomic E-state index is 13.2. The molecule has 2 fully saturated rings. The molecule has 134 valence electrons. The molecule has 2 amide bonds. The molecule has 1 aromatic carbocycles. The number of anilines is 1. The highest BCUT2D eigenvalue weighted by molar-refractivity contribution is 5.98. The van der Waals surface area contributed by atoms with Gasteiger partial charge in [0.25, 0.3) is 0 Å². The third-order valence-electron chi connectivity index (χ3n) is 4.56. The zero-order valence-electron chi connectivity index (χ0n) is 13.3. The summed E-state index contributed by atoms with van der Waals surface area (Å²) in [6, 6.07) is 0.993. The molecule has 3 atom stereocenters. The van der Waals surface area contributed by atoms with E-state index in [0.717, 1.165) is 18.6 Å². The third kappa shape index (κ3) is 3.75. The number of likely N-dealkylation sites (tertiary alicyclic amines) is 1. The summed E-state index contributed by atoms with van der Waals surface area (Å²) in [5, 5.41) is 13.2. The fraction of sp³-hybridized carbons (Fsp3) is 0.500. The second-order valence-corrected chi connectivity index (χ2v) is 6.39. The lowest BCUT2D eigenvalue weighted by Gasteiger charge is -2.34. The molecule has 1 N–H and O–H groups in total. The van der Waals surface area contributed by atoms with Crippen LogP contribution >= 0.6 is 0 Å². The maximum absolute atomic E-state index is 13.2. The standard InChI is InChI=1S/C16H17F2N3O4/c17-9-5-10(18)7-11(6-9)19-15(22)13-3-1-2-4-20(13)16(23)12-8-14(12)21(24)25/h5-7,12-14H,1-4,8H2,(H,19,22)/t12-,13-,14+/m0/s1. The van der Waals surface area contributed by atoms with Gasteiger partial charge < -0.3 is 10.2 Å². The molecule has 1 heterocycles. The van der Waals surface area contributed by atoms with Crippen LogP contribution in [0.3, 0.4) is 0 Å². The number of rotatable bonds is 4. The van der Waals surface area contributed by atoms with Gasteiger partial charge in [0.05, 0.1) is 0 Å². The van der Waals surface area contributed by atoms with Crippen molar-refractivity contribution in [2.24, 2.45) is 5.92 Å². The first-order valence-corrected chi connectivity index (χ1v) is 8.08. The minimum atomic E-state index is -0.879. The lowest BCUT2D eigenvalue weighted by molar-refractivity contribution is -0.497. The topological polar surface area (TPSA) is 92.6 Å². The van der Waals surface area contributed by atoms with E-state index in [1.165, 1.54) is 4.90 Å². The summed E-state index contributed by atoms with van der Waals surface area (Å²) in [6.45, 7) is 0.343. The number of benzene rings is 1. The van der Waals surface area contributed by atoms with Crippen molar-refractivity contribution in [2.75, 3.05) is 11.9 Å². The van der Waals surface area contributed by atoms with Gasteiger partial charge in [-0.25, -0.2) is 8.78 Å². The van der Waals surface area contributed by atoms with E-state index < -0.39 is 46.4 Å². The average molecular weight is 353 g/mol. The summed E-state index contributed by atoms with van der Waals surface area (Å²) < 4.78 is 26.5. The Morgan fingerprint density at radius 1 is 1.20 bits per heavy atom. The molecule has 1 aliphatic carbocycles. The van der Waals surface area contributed by atoms with E-state index in [2.05, 4.69) is 5.32 Å². The van der Waals surface area contributed by atoms with Gasteiger partial charge in [0.1, 0.15) is 23.6 Å². The van der Waals surface area contributed by atoms with E-state index in [-0.39, 0.29) is 12.1 Å². The van der Waals surface area contributed by atoms with Gasteiger partial charge in [0.2, 0.25) is 17.9 Å². The highest BCUT2D eigenvalue weighted by Crippen LogP contribution is 2.36. The van der Waals surface area contributed by atoms with E-state index in [9.17, 15) is 28.5 Å². The van der Waals surface area contributed by atoms with Crippen LogP contribution in [-0.4, -0.2) is 40.3 Å². The molecular weight excluding hydrogens is 336 g/mol. The van der Waals surface area contributed by atoms with Crippen LogP contribution in [0.1, 0.15) is 25.7 Å². The van der Waals surface area contributed by atoms with Crippen LogP contribution in [0.25, 0.3) is 0 Å². The number of carbonyl (C=O) groups is 2. The Morgan fingerprint density at radius 3 is 2.48 bits per heavy atom. The highest BCUT2D eigenvalue weighted by atomic mass is 19.1. The molecular formula is C16H17F2N3O4. The molecule has 2 aliphatic rings.